The molecule has 0 amide bonds. The third-order valence-corrected chi connectivity index (χ3v) is 6.65. The van der Waals surface area contributed by atoms with Crippen LogP contribution in [0.3, 0.4) is 0 Å². The predicted molar refractivity (Wildman–Crippen MR) is 134 cm³/mol. The maximum absolute atomic E-state index is 13.8. The lowest BCUT2D eigenvalue weighted by atomic mass is 9.99. The average molecular weight is 530 g/mol. The highest BCUT2D eigenvalue weighted by Crippen LogP contribution is 2.33. The van der Waals surface area contributed by atoms with Gasteiger partial charge in [0.25, 0.3) is 5.56 Å². The molecule has 5 nitrogen and oxygen atoms in total. The molecule has 0 radical (unpaired) electrons. The summed E-state index contributed by atoms with van der Waals surface area (Å²) in [4.78, 5) is 18.5. The van der Waals surface area contributed by atoms with Crippen molar-refractivity contribution in [2.24, 2.45) is 5.92 Å². The van der Waals surface area contributed by atoms with Crippen molar-refractivity contribution in [3.8, 4) is 28.3 Å². The summed E-state index contributed by atoms with van der Waals surface area (Å²) in [7, 11) is 0. The molecule has 0 bridgehead atoms. The molecular formula is C28H24F5N3O2. The second-order valence-corrected chi connectivity index (χ2v) is 9.28. The fourth-order valence-electron chi connectivity index (χ4n) is 4.79. The highest BCUT2D eigenvalue weighted by atomic mass is 19.4. The second-order valence-electron chi connectivity index (χ2n) is 9.28. The van der Waals surface area contributed by atoms with Crippen LogP contribution in [0.15, 0.2) is 71.5 Å². The van der Waals surface area contributed by atoms with Crippen LogP contribution in [0.25, 0.3) is 33.4 Å². The number of rotatable bonds is 6. The Morgan fingerprint density at radius 2 is 1.74 bits per heavy atom. The number of hydrogen-bond acceptors (Lipinski definition) is 4. The van der Waals surface area contributed by atoms with Crippen molar-refractivity contribution in [3.63, 3.8) is 0 Å². The molecule has 3 aromatic carbocycles. The van der Waals surface area contributed by atoms with Crippen molar-refractivity contribution in [3.05, 3.63) is 82.6 Å². The number of halogens is 5. The van der Waals surface area contributed by atoms with Gasteiger partial charge in [0.2, 0.25) is 0 Å². The Labute approximate surface area is 214 Å². The minimum absolute atomic E-state index is 0.0133. The van der Waals surface area contributed by atoms with E-state index in [-0.39, 0.29) is 22.6 Å². The van der Waals surface area contributed by atoms with Gasteiger partial charge in [0, 0.05) is 12.1 Å². The first-order valence-electron chi connectivity index (χ1n) is 12.2. The van der Waals surface area contributed by atoms with Gasteiger partial charge in [-0.05, 0) is 91.5 Å². The molecule has 2 heterocycles. The van der Waals surface area contributed by atoms with E-state index < -0.39 is 18.4 Å². The zero-order valence-corrected chi connectivity index (χ0v) is 20.1. The number of nitrogens with zero attached hydrogens (tertiary/aromatic N) is 2. The van der Waals surface area contributed by atoms with E-state index in [2.05, 4.69) is 10.1 Å². The molecule has 1 saturated heterocycles. The predicted octanol–water partition coefficient (Wildman–Crippen LogP) is 6.35. The maximum Gasteiger partial charge on any atom is 0.416 e. The first-order valence-corrected chi connectivity index (χ1v) is 12.2. The molecule has 0 saturated carbocycles. The molecule has 5 rings (SSSR count). The van der Waals surface area contributed by atoms with Gasteiger partial charge in [-0.2, -0.15) is 22.0 Å². The Morgan fingerprint density at radius 1 is 1.00 bits per heavy atom. The number of nitrogens with one attached hydrogen (secondary N) is 1. The summed E-state index contributed by atoms with van der Waals surface area (Å²) in [6.07, 6.45) is -2.60. The van der Waals surface area contributed by atoms with E-state index in [4.69, 9.17) is 4.98 Å². The van der Waals surface area contributed by atoms with E-state index in [1.807, 2.05) is 0 Å². The SMILES string of the molecule is O=c1c2cc(-c3cccc(C(F)(F)F)c3)ccc2nc(-c2ccc(OC(F)F)cc2)n1CC1CCCNC1. The Balaban J connectivity index is 1.61. The fourth-order valence-corrected chi connectivity index (χ4v) is 4.79. The molecule has 1 aromatic heterocycles. The van der Waals surface area contributed by atoms with Gasteiger partial charge in [-0.15, -0.1) is 0 Å². The minimum atomic E-state index is -4.49. The topological polar surface area (TPSA) is 56.1 Å². The summed E-state index contributed by atoms with van der Waals surface area (Å²) in [6, 6.07) is 15.7. The number of piperidine rings is 1. The van der Waals surface area contributed by atoms with Crippen LogP contribution in [0.4, 0.5) is 22.0 Å². The zero-order valence-electron chi connectivity index (χ0n) is 20.1. The number of alkyl halides is 5. The fraction of sp³-hybridized carbons (Fsp3) is 0.286. The second kappa shape index (κ2) is 10.5. The molecule has 0 spiro atoms. The Hall–Kier alpha value is -3.79. The molecule has 0 aliphatic carbocycles. The third kappa shape index (κ3) is 5.55. The molecule has 1 N–H and O–H groups in total. The Bertz CT molecular complexity index is 1490. The summed E-state index contributed by atoms with van der Waals surface area (Å²) in [6.45, 7) is -0.939. The van der Waals surface area contributed by atoms with Gasteiger partial charge in [0.15, 0.2) is 0 Å². The van der Waals surface area contributed by atoms with Gasteiger partial charge in [0.1, 0.15) is 11.6 Å². The van der Waals surface area contributed by atoms with Crippen molar-refractivity contribution >= 4 is 10.9 Å². The molecule has 1 atom stereocenters. The lowest BCUT2D eigenvalue weighted by Crippen LogP contribution is -2.35. The molecule has 10 heteroatoms. The van der Waals surface area contributed by atoms with E-state index >= 15 is 0 Å². The summed E-state index contributed by atoms with van der Waals surface area (Å²) in [5.74, 6) is 0.539. The largest absolute Gasteiger partial charge is 0.435 e. The Morgan fingerprint density at radius 3 is 2.42 bits per heavy atom. The van der Waals surface area contributed by atoms with Crippen molar-refractivity contribution in [1.29, 1.82) is 0 Å². The number of aromatic nitrogens is 2. The van der Waals surface area contributed by atoms with Gasteiger partial charge in [-0.25, -0.2) is 4.98 Å². The van der Waals surface area contributed by atoms with Crippen LogP contribution < -0.4 is 15.6 Å². The average Bonchev–Trinajstić information content (AvgIpc) is 2.90. The van der Waals surface area contributed by atoms with Crippen molar-refractivity contribution in [1.82, 2.24) is 14.9 Å². The van der Waals surface area contributed by atoms with Crippen LogP contribution in [-0.4, -0.2) is 29.3 Å². The van der Waals surface area contributed by atoms with E-state index in [9.17, 15) is 26.7 Å². The van der Waals surface area contributed by atoms with Gasteiger partial charge < -0.3 is 10.1 Å². The summed E-state index contributed by atoms with van der Waals surface area (Å²) >= 11 is 0. The standard InChI is InChI=1S/C28H24F5N3O2/c29-27(30)38-22-9-6-18(7-10-22)25-35-24-11-8-20(19-4-1-5-21(13-19)28(31,32)33)14-23(24)26(37)36(25)16-17-3-2-12-34-15-17/h1,4-11,13-14,17,27,34H,2-3,12,15-16H2. The molecule has 1 aliphatic heterocycles. The van der Waals surface area contributed by atoms with Crippen LogP contribution in [0.5, 0.6) is 5.75 Å². The van der Waals surface area contributed by atoms with Crippen LogP contribution in [0.2, 0.25) is 0 Å². The summed E-state index contributed by atoms with van der Waals surface area (Å²) in [5.41, 5.74) is 0.642. The lowest BCUT2D eigenvalue weighted by molar-refractivity contribution is -0.137. The minimum Gasteiger partial charge on any atom is -0.435 e. The van der Waals surface area contributed by atoms with Crippen molar-refractivity contribution in [2.75, 3.05) is 13.1 Å². The van der Waals surface area contributed by atoms with E-state index in [1.54, 1.807) is 41.0 Å². The number of ether oxygens (including phenoxy) is 1. The molecule has 1 fully saturated rings. The first kappa shape index (κ1) is 25.8. The smallest absolute Gasteiger partial charge is 0.416 e. The van der Waals surface area contributed by atoms with Crippen molar-refractivity contribution in [2.45, 2.75) is 32.2 Å². The van der Waals surface area contributed by atoms with Crippen LogP contribution in [0.1, 0.15) is 18.4 Å². The highest BCUT2D eigenvalue weighted by Gasteiger charge is 2.30. The van der Waals surface area contributed by atoms with Crippen LogP contribution in [-0.2, 0) is 12.7 Å². The summed E-state index contributed by atoms with van der Waals surface area (Å²) in [5, 5.41) is 3.61. The zero-order chi connectivity index (χ0) is 26.9. The van der Waals surface area contributed by atoms with E-state index in [1.165, 1.54) is 18.2 Å². The van der Waals surface area contributed by atoms with Crippen LogP contribution >= 0.6 is 0 Å². The molecule has 198 valence electrons. The molecule has 1 unspecified atom stereocenters. The van der Waals surface area contributed by atoms with Gasteiger partial charge in [-0.1, -0.05) is 18.2 Å². The Kier molecular flexibility index (Phi) is 7.16. The number of benzene rings is 3. The van der Waals surface area contributed by atoms with Gasteiger partial charge in [-0.3, -0.25) is 9.36 Å². The van der Waals surface area contributed by atoms with Gasteiger partial charge in [0.05, 0.1) is 16.5 Å². The molecule has 1 aliphatic rings. The van der Waals surface area contributed by atoms with Crippen LogP contribution in [0, 0.1) is 5.92 Å². The van der Waals surface area contributed by atoms with E-state index in [0.29, 0.717) is 34.6 Å². The lowest BCUT2D eigenvalue weighted by Gasteiger charge is -2.25. The van der Waals surface area contributed by atoms with Crippen molar-refractivity contribution < 1.29 is 26.7 Å². The number of fused-ring (bicyclic) bond motifs is 1. The molecule has 38 heavy (non-hydrogen) atoms. The van der Waals surface area contributed by atoms with Gasteiger partial charge >= 0.3 is 12.8 Å². The van der Waals surface area contributed by atoms with E-state index in [0.717, 1.165) is 38.1 Å². The maximum atomic E-state index is 13.8. The first-order chi connectivity index (χ1) is 18.2. The highest BCUT2D eigenvalue weighted by molar-refractivity contribution is 5.85. The number of hydrogen-bond donors (Lipinski definition) is 1. The summed E-state index contributed by atoms with van der Waals surface area (Å²) < 4.78 is 70.9. The normalized spacial score (nSPS) is 16.2. The third-order valence-electron chi connectivity index (χ3n) is 6.65. The molecule has 4 aromatic rings. The molecular weight excluding hydrogens is 505 g/mol. The monoisotopic (exact) mass is 529 g/mol. The quantitative estimate of drug-likeness (QED) is 0.296.